The van der Waals surface area contributed by atoms with Crippen LogP contribution in [0.25, 0.3) is 0 Å². The molecule has 2 aliphatic heterocycles. The fraction of sp³-hybridized carbons (Fsp3) is 0.455. The molecule has 0 radical (unpaired) electrons. The van der Waals surface area contributed by atoms with E-state index in [4.69, 9.17) is 9.47 Å². The molecular weight excluding hydrogens is 364 g/mol. The van der Waals surface area contributed by atoms with Gasteiger partial charge in [-0.05, 0) is 86.2 Å². The summed E-state index contributed by atoms with van der Waals surface area (Å²) in [7, 11) is 0. The van der Waals surface area contributed by atoms with Gasteiger partial charge in [-0.2, -0.15) is 0 Å². The molecule has 0 aromatic heterocycles. The molecule has 0 saturated heterocycles. The van der Waals surface area contributed by atoms with Gasteiger partial charge < -0.3 is 19.9 Å². The molecule has 0 amide bonds. The number of fused-ring (bicyclic) bond motifs is 2. The number of nitrogens with one attached hydrogen (secondary N) is 1. The first-order chi connectivity index (χ1) is 13.6. The summed E-state index contributed by atoms with van der Waals surface area (Å²) in [6.45, 7) is 1.14. The molecule has 28 heavy (non-hydrogen) atoms. The van der Waals surface area contributed by atoms with Gasteiger partial charge in [-0.25, -0.2) is 8.78 Å². The highest BCUT2D eigenvalue weighted by atomic mass is 19.1. The summed E-state index contributed by atoms with van der Waals surface area (Å²) in [5.74, 6) is 0.931. The van der Waals surface area contributed by atoms with Crippen molar-refractivity contribution < 1.29 is 23.4 Å². The first-order valence-electron chi connectivity index (χ1n) is 9.87. The van der Waals surface area contributed by atoms with Crippen molar-refractivity contribution >= 4 is 0 Å². The number of aliphatic hydroxyl groups is 1. The topological polar surface area (TPSA) is 50.7 Å². The van der Waals surface area contributed by atoms with Crippen molar-refractivity contribution in [3.63, 3.8) is 0 Å². The predicted octanol–water partition coefficient (Wildman–Crippen LogP) is 3.39. The van der Waals surface area contributed by atoms with Gasteiger partial charge in [0.15, 0.2) is 0 Å². The number of hydrogen-bond donors (Lipinski definition) is 2. The minimum atomic E-state index is -0.630. The van der Waals surface area contributed by atoms with Crippen molar-refractivity contribution in [2.24, 2.45) is 0 Å². The standard InChI is InChI=1S/C22H25F2NO3/c23-16-3-7-20-14(11-16)1-5-18(27-20)9-10-25-13-19(26)22-6-2-15-12-17(24)4-8-21(15)28-22/h3-4,7-8,11-12,18-19,22,25-26H,1-2,5-6,9-10,13H2/t18-,19-,22+/m1/s1. The van der Waals surface area contributed by atoms with Gasteiger partial charge >= 0.3 is 0 Å². The second kappa shape index (κ2) is 8.45. The van der Waals surface area contributed by atoms with Crippen molar-refractivity contribution in [3.05, 3.63) is 59.2 Å². The molecule has 2 heterocycles. The number of aryl methyl sites for hydroxylation is 2. The number of hydrogen-bond acceptors (Lipinski definition) is 4. The van der Waals surface area contributed by atoms with E-state index in [1.165, 1.54) is 24.3 Å². The molecule has 0 unspecified atom stereocenters. The molecule has 150 valence electrons. The molecule has 2 aromatic carbocycles. The van der Waals surface area contributed by atoms with Crippen LogP contribution in [-0.4, -0.2) is 36.5 Å². The van der Waals surface area contributed by atoms with Gasteiger partial charge in [0.05, 0.1) is 0 Å². The lowest BCUT2D eigenvalue weighted by Gasteiger charge is -2.30. The summed E-state index contributed by atoms with van der Waals surface area (Å²) in [6.07, 6.45) is 3.03. The van der Waals surface area contributed by atoms with Crippen LogP contribution in [-0.2, 0) is 12.8 Å². The largest absolute Gasteiger partial charge is 0.490 e. The van der Waals surface area contributed by atoms with Gasteiger partial charge in [0.1, 0.15) is 41.4 Å². The van der Waals surface area contributed by atoms with Crippen LogP contribution in [0.1, 0.15) is 30.4 Å². The highest BCUT2D eigenvalue weighted by Crippen LogP contribution is 2.30. The van der Waals surface area contributed by atoms with Crippen LogP contribution in [0.15, 0.2) is 36.4 Å². The molecule has 4 nitrogen and oxygen atoms in total. The monoisotopic (exact) mass is 389 g/mol. The van der Waals surface area contributed by atoms with E-state index < -0.39 is 6.10 Å². The Morgan fingerprint density at radius 2 is 1.61 bits per heavy atom. The minimum Gasteiger partial charge on any atom is -0.490 e. The summed E-state index contributed by atoms with van der Waals surface area (Å²) in [5, 5.41) is 13.7. The second-order valence-electron chi connectivity index (χ2n) is 7.54. The molecule has 2 aromatic rings. The van der Waals surface area contributed by atoms with Gasteiger partial charge in [-0.1, -0.05) is 0 Å². The lowest BCUT2D eigenvalue weighted by molar-refractivity contribution is 0.0240. The molecule has 0 spiro atoms. The maximum atomic E-state index is 13.3. The Hall–Kier alpha value is -2.18. The Balaban J connectivity index is 1.20. The fourth-order valence-corrected chi connectivity index (χ4v) is 3.91. The average Bonchev–Trinajstić information content (AvgIpc) is 2.70. The van der Waals surface area contributed by atoms with Crippen LogP contribution >= 0.6 is 0 Å². The molecular formula is C22H25F2NO3. The minimum absolute atomic E-state index is 0.0929. The zero-order valence-electron chi connectivity index (χ0n) is 15.7. The van der Waals surface area contributed by atoms with E-state index in [-0.39, 0.29) is 23.8 Å². The Labute approximate surface area is 163 Å². The van der Waals surface area contributed by atoms with E-state index >= 15 is 0 Å². The zero-order valence-corrected chi connectivity index (χ0v) is 15.7. The van der Waals surface area contributed by atoms with E-state index in [0.29, 0.717) is 31.7 Å². The normalized spacial score (nSPS) is 21.8. The molecule has 0 aliphatic carbocycles. The zero-order chi connectivity index (χ0) is 19.5. The van der Waals surface area contributed by atoms with Gasteiger partial charge in [0.2, 0.25) is 0 Å². The highest BCUT2D eigenvalue weighted by molar-refractivity contribution is 5.36. The third-order valence-electron chi connectivity index (χ3n) is 5.48. The van der Waals surface area contributed by atoms with E-state index in [2.05, 4.69) is 5.32 Å². The summed E-state index contributed by atoms with van der Waals surface area (Å²) in [4.78, 5) is 0. The van der Waals surface area contributed by atoms with Crippen LogP contribution in [0.3, 0.4) is 0 Å². The number of rotatable bonds is 6. The Morgan fingerprint density at radius 3 is 2.32 bits per heavy atom. The summed E-state index contributed by atoms with van der Waals surface area (Å²) < 4.78 is 38.3. The lowest BCUT2D eigenvalue weighted by Crippen LogP contribution is -2.42. The fourth-order valence-electron chi connectivity index (χ4n) is 3.91. The van der Waals surface area contributed by atoms with E-state index in [9.17, 15) is 13.9 Å². The van der Waals surface area contributed by atoms with Crippen molar-refractivity contribution in [2.75, 3.05) is 13.1 Å². The molecule has 2 aliphatic rings. The Kier molecular flexibility index (Phi) is 5.78. The van der Waals surface area contributed by atoms with Crippen LogP contribution in [0, 0.1) is 11.6 Å². The SMILES string of the molecule is O[C@H](CNCC[C@H]1CCc2cc(F)ccc2O1)[C@@H]1CCc2cc(F)ccc2O1. The summed E-state index contributed by atoms with van der Waals surface area (Å²) >= 11 is 0. The number of benzene rings is 2. The first kappa shape index (κ1) is 19.2. The van der Waals surface area contributed by atoms with Crippen molar-refractivity contribution in [1.29, 1.82) is 0 Å². The lowest BCUT2D eigenvalue weighted by atomic mass is 9.98. The average molecular weight is 389 g/mol. The van der Waals surface area contributed by atoms with Crippen molar-refractivity contribution in [1.82, 2.24) is 5.32 Å². The Morgan fingerprint density at radius 1 is 0.964 bits per heavy atom. The Bertz CT molecular complexity index is 829. The summed E-state index contributed by atoms with van der Waals surface area (Å²) in [6, 6.07) is 9.15. The van der Waals surface area contributed by atoms with Crippen LogP contribution in [0.5, 0.6) is 11.5 Å². The number of ether oxygens (including phenoxy) is 2. The third-order valence-corrected chi connectivity index (χ3v) is 5.48. The van der Waals surface area contributed by atoms with Crippen LogP contribution < -0.4 is 14.8 Å². The predicted molar refractivity (Wildman–Crippen MR) is 102 cm³/mol. The quantitative estimate of drug-likeness (QED) is 0.744. The molecule has 3 atom stereocenters. The second-order valence-corrected chi connectivity index (χ2v) is 7.54. The number of aliphatic hydroxyl groups excluding tert-OH is 1. The number of halogens is 2. The van der Waals surface area contributed by atoms with Crippen molar-refractivity contribution in [3.8, 4) is 11.5 Å². The van der Waals surface area contributed by atoms with Gasteiger partial charge in [0, 0.05) is 6.54 Å². The highest BCUT2D eigenvalue weighted by Gasteiger charge is 2.26. The summed E-state index contributed by atoms with van der Waals surface area (Å²) in [5.41, 5.74) is 1.78. The van der Waals surface area contributed by atoms with Crippen LogP contribution in [0.2, 0.25) is 0 Å². The van der Waals surface area contributed by atoms with Gasteiger partial charge in [-0.3, -0.25) is 0 Å². The van der Waals surface area contributed by atoms with E-state index in [0.717, 1.165) is 36.1 Å². The van der Waals surface area contributed by atoms with Crippen LogP contribution in [0.4, 0.5) is 8.78 Å². The molecule has 6 heteroatoms. The first-order valence-corrected chi connectivity index (χ1v) is 9.87. The molecule has 0 bridgehead atoms. The van der Waals surface area contributed by atoms with Crippen molar-refractivity contribution in [2.45, 2.75) is 50.4 Å². The molecule has 4 rings (SSSR count). The smallest absolute Gasteiger partial charge is 0.126 e. The third kappa shape index (κ3) is 4.45. The maximum Gasteiger partial charge on any atom is 0.126 e. The maximum absolute atomic E-state index is 13.3. The molecule has 0 fully saturated rings. The van der Waals surface area contributed by atoms with E-state index in [1.54, 1.807) is 12.1 Å². The van der Waals surface area contributed by atoms with E-state index in [1.807, 2.05) is 0 Å². The van der Waals surface area contributed by atoms with Gasteiger partial charge in [-0.15, -0.1) is 0 Å². The van der Waals surface area contributed by atoms with Gasteiger partial charge in [0.25, 0.3) is 0 Å². The molecule has 0 saturated carbocycles. The molecule has 2 N–H and O–H groups in total.